The molecule has 0 fully saturated rings. The Morgan fingerprint density at radius 3 is 2.38 bits per heavy atom. The Morgan fingerprint density at radius 1 is 1.44 bits per heavy atom. The van der Waals surface area contributed by atoms with E-state index >= 15 is 0 Å². The number of amides is 1. The Hall–Kier alpha value is -1.01. The summed E-state index contributed by atoms with van der Waals surface area (Å²) in [5.41, 5.74) is -0.680. The van der Waals surface area contributed by atoms with Crippen molar-refractivity contribution in [2.75, 3.05) is 12.7 Å². The summed E-state index contributed by atoms with van der Waals surface area (Å²) in [6.45, 7) is 4.45. The first-order chi connectivity index (χ1) is 7.30. The van der Waals surface area contributed by atoms with E-state index in [1.54, 1.807) is 20.8 Å². The van der Waals surface area contributed by atoms with Crippen molar-refractivity contribution >= 4 is 23.7 Å². The maximum absolute atomic E-state index is 11.3. The summed E-state index contributed by atoms with van der Waals surface area (Å²) in [5, 5.41) is 11.0. The quantitative estimate of drug-likeness (QED) is 0.566. The second kappa shape index (κ2) is 6.55. The van der Waals surface area contributed by atoms with Gasteiger partial charge in [0.2, 0.25) is 0 Å². The Kier molecular flexibility index (Phi) is 6.13. The normalized spacial score (nSPS) is 12.8. The average Bonchev–Trinajstić information content (AvgIpc) is 2.11. The first kappa shape index (κ1) is 15.0. The molecule has 0 aliphatic rings. The van der Waals surface area contributed by atoms with Gasteiger partial charge >= 0.3 is 12.1 Å². The second-order valence-corrected chi connectivity index (χ2v) is 4.17. The van der Waals surface area contributed by atoms with Crippen LogP contribution in [0.2, 0.25) is 0 Å². The second-order valence-electron chi connectivity index (χ2n) is 3.95. The van der Waals surface area contributed by atoms with Gasteiger partial charge < -0.3 is 19.9 Å². The third kappa shape index (κ3) is 6.47. The Bertz CT molecular complexity index is 251. The molecule has 6 nitrogen and oxygen atoms in total. The molecule has 0 saturated heterocycles. The monoisotopic (exact) mass is 253 g/mol. The molecular weight excluding hydrogens is 238 g/mol. The smallest absolute Gasteiger partial charge is 0.408 e. The van der Waals surface area contributed by atoms with Crippen LogP contribution < -0.4 is 5.32 Å². The highest BCUT2D eigenvalue weighted by Gasteiger charge is 2.24. The highest BCUT2D eigenvalue weighted by Crippen LogP contribution is 2.06. The number of nitrogens with one attached hydrogen (secondary N) is 1. The van der Waals surface area contributed by atoms with Crippen LogP contribution in [-0.4, -0.2) is 41.5 Å². The summed E-state index contributed by atoms with van der Waals surface area (Å²) in [6, 6.07) is -1.51. The molecule has 0 bridgehead atoms. The van der Waals surface area contributed by atoms with E-state index in [1.165, 1.54) is 0 Å². The summed E-state index contributed by atoms with van der Waals surface area (Å²) >= 11 is 5.17. The number of ether oxygens (including phenoxy) is 2. The molecule has 0 aromatic heterocycles. The summed E-state index contributed by atoms with van der Waals surface area (Å²) in [7, 11) is 0. The minimum absolute atomic E-state index is 0.342. The van der Waals surface area contributed by atoms with Gasteiger partial charge in [-0.05, 0) is 20.8 Å². The molecule has 0 heterocycles. The Labute approximate surface area is 98.9 Å². The van der Waals surface area contributed by atoms with E-state index in [-0.39, 0.29) is 6.07 Å². The van der Waals surface area contributed by atoms with Gasteiger partial charge in [0.1, 0.15) is 5.60 Å². The standard InChI is InChI=1S/C9H16ClNO5/c1-9(2,3)16-8(14)11-6(4-12)7(13)15-5-10/h6,12H,4-5H2,1-3H3,(H,11,14). The minimum Gasteiger partial charge on any atom is -0.448 e. The fourth-order valence-corrected chi connectivity index (χ4v) is 0.891. The predicted octanol–water partition coefficient (Wildman–Crippen LogP) is 0.611. The molecule has 1 atom stereocenters. The van der Waals surface area contributed by atoms with Gasteiger partial charge in [-0.15, -0.1) is 0 Å². The molecule has 16 heavy (non-hydrogen) atoms. The Balaban J connectivity index is 4.22. The number of esters is 1. The lowest BCUT2D eigenvalue weighted by atomic mass is 10.2. The highest BCUT2D eigenvalue weighted by molar-refractivity contribution is 6.17. The molecule has 0 aromatic rings. The number of aliphatic hydroxyl groups excluding tert-OH is 1. The van der Waals surface area contributed by atoms with E-state index < -0.39 is 30.3 Å². The molecule has 0 aliphatic carbocycles. The van der Waals surface area contributed by atoms with Crippen LogP contribution >= 0.6 is 11.6 Å². The lowest BCUT2D eigenvalue weighted by Crippen LogP contribution is -2.46. The van der Waals surface area contributed by atoms with Crippen molar-refractivity contribution in [2.45, 2.75) is 32.4 Å². The van der Waals surface area contributed by atoms with Crippen LogP contribution in [0.4, 0.5) is 4.79 Å². The van der Waals surface area contributed by atoms with Crippen LogP contribution in [0.25, 0.3) is 0 Å². The van der Waals surface area contributed by atoms with Crippen molar-refractivity contribution in [3.63, 3.8) is 0 Å². The molecule has 0 radical (unpaired) electrons. The minimum atomic E-state index is -1.17. The summed E-state index contributed by atoms with van der Waals surface area (Å²) in [6.07, 6.45) is -0.807. The number of aliphatic hydroxyl groups is 1. The van der Waals surface area contributed by atoms with Crippen molar-refractivity contribution < 1.29 is 24.2 Å². The number of carbonyl (C=O) groups excluding carboxylic acids is 2. The van der Waals surface area contributed by atoms with Crippen molar-refractivity contribution in [1.82, 2.24) is 5.32 Å². The third-order valence-corrected chi connectivity index (χ3v) is 1.46. The molecule has 2 N–H and O–H groups in total. The molecule has 0 aromatic carbocycles. The lowest BCUT2D eigenvalue weighted by Gasteiger charge is -2.21. The van der Waals surface area contributed by atoms with Crippen LogP contribution in [0.1, 0.15) is 20.8 Å². The summed E-state index contributed by atoms with van der Waals surface area (Å²) < 4.78 is 9.32. The molecule has 0 saturated carbocycles. The van der Waals surface area contributed by atoms with Crippen molar-refractivity contribution in [3.8, 4) is 0 Å². The number of halogens is 1. The van der Waals surface area contributed by atoms with Crippen LogP contribution in [0, 0.1) is 0 Å². The number of carbonyl (C=O) groups is 2. The molecule has 0 aliphatic heterocycles. The molecule has 0 rings (SSSR count). The zero-order valence-corrected chi connectivity index (χ0v) is 10.2. The maximum atomic E-state index is 11.3. The van der Waals surface area contributed by atoms with Gasteiger partial charge in [0.15, 0.2) is 12.1 Å². The van der Waals surface area contributed by atoms with Gasteiger partial charge in [-0.2, -0.15) is 0 Å². The van der Waals surface area contributed by atoms with Gasteiger partial charge in [-0.3, -0.25) is 0 Å². The van der Waals surface area contributed by atoms with Crippen molar-refractivity contribution in [1.29, 1.82) is 0 Å². The van der Waals surface area contributed by atoms with Crippen molar-refractivity contribution in [2.24, 2.45) is 0 Å². The first-order valence-electron chi connectivity index (χ1n) is 4.63. The zero-order valence-electron chi connectivity index (χ0n) is 9.45. The summed E-state index contributed by atoms with van der Waals surface area (Å²) in [5.74, 6) is -0.816. The molecule has 7 heteroatoms. The van der Waals surface area contributed by atoms with Crippen LogP contribution in [0.3, 0.4) is 0 Å². The van der Waals surface area contributed by atoms with Gasteiger partial charge in [0.05, 0.1) is 6.61 Å². The largest absolute Gasteiger partial charge is 0.448 e. The molecule has 94 valence electrons. The molecule has 0 spiro atoms. The van der Waals surface area contributed by atoms with E-state index in [0.29, 0.717) is 0 Å². The van der Waals surface area contributed by atoms with Crippen LogP contribution in [0.5, 0.6) is 0 Å². The van der Waals surface area contributed by atoms with Crippen LogP contribution in [-0.2, 0) is 14.3 Å². The van der Waals surface area contributed by atoms with Crippen molar-refractivity contribution in [3.05, 3.63) is 0 Å². The summed E-state index contributed by atoms with van der Waals surface area (Å²) in [4.78, 5) is 22.4. The fourth-order valence-electron chi connectivity index (χ4n) is 0.783. The van der Waals surface area contributed by atoms with Gasteiger partial charge in [-0.25, -0.2) is 9.59 Å². The molecule has 1 unspecified atom stereocenters. The molecular formula is C9H16ClNO5. The number of rotatable bonds is 4. The van der Waals surface area contributed by atoms with E-state index in [9.17, 15) is 9.59 Å². The first-order valence-corrected chi connectivity index (χ1v) is 5.16. The van der Waals surface area contributed by atoms with E-state index in [1.807, 2.05) is 0 Å². The predicted molar refractivity (Wildman–Crippen MR) is 57.1 cm³/mol. The SMILES string of the molecule is CC(C)(C)OC(=O)NC(CO)C(=O)OCCl. The highest BCUT2D eigenvalue weighted by atomic mass is 35.5. The Morgan fingerprint density at radius 2 is 2.00 bits per heavy atom. The number of alkyl halides is 1. The topological polar surface area (TPSA) is 84.9 Å². The van der Waals surface area contributed by atoms with E-state index in [2.05, 4.69) is 10.1 Å². The zero-order chi connectivity index (χ0) is 12.8. The van der Waals surface area contributed by atoms with E-state index in [0.717, 1.165) is 0 Å². The molecule has 1 amide bonds. The van der Waals surface area contributed by atoms with Gasteiger partial charge in [-0.1, -0.05) is 11.6 Å². The van der Waals surface area contributed by atoms with Gasteiger partial charge in [0.25, 0.3) is 0 Å². The third-order valence-electron chi connectivity index (χ3n) is 1.35. The average molecular weight is 254 g/mol. The van der Waals surface area contributed by atoms with Crippen LogP contribution in [0.15, 0.2) is 0 Å². The number of hydrogen-bond acceptors (Lipinski definition) is 5. The fraction of sp³-hybridized carbons (Fsp3) is 0.778. The van der Waals surface area contributed by atoms with E-state index in [4.69, 9.17) is 21.4 Å². The lowest BCUT2D eigenvalue weighted by molar-refractivity contribution is -0.145. The number of alkyl carbamates (subject to hydrolysis) is 1. The maximum Gasteiger partial charge on any atom is 0.408 e. The number of hydrogen-bond donors (Lipinski definition) is 2. The van der Waals surface area contributed by atoms with Gasteiger partial charge in [0, 0.05) is 0 Å².